The topological polar surface area (TPSA) is 55.1 Å². The Balaban J connectivity index is 2.39. The van der Waals surface area contributed by atoms with Gasteiger partial charge in [0.05, 0.1) is 0 Å². The van der Waals surface area contributed by atoms with E-state index in [1.54, 1.807) is 0 Å². The van der Waals surface area contributed by atoms with E-state index in [0.29, 0.717) is 12.8 Å². The zero-order valence-corrected chi connectivity index (χ0v) is 13.0. The third kappa shape index (κ3) is 7.29. The Kier molecular flexibility index (Phi) is 6.73. The van der Waals surface area contributed by atoms with Crippen LogP contribution in [-0.4, -0.2) is 11.4 Å². The van der Waals surface area contributed by atoms with Crippen LogP contribution in [-0.2, 0) is 11.2 Å². The van der Waals surface area contributed by atoms with E-state index >= 15 is 0 Å². The maximum atomic E-state index is 11.8. The molecular formula is C17H28N2O. The molecule has 1 rings (SSSR count). The largest absolute Gasteiger partial charge is 0.326 e. The molecule has 20 heavy (non-hydrogen) atoms. The summed E-state index contributed by atoms with van der Waals surface area (Å²) in [6.45, 7) is 6.08. The normalized spacial score (nSPS) is 11.4. The van der Waals surface area contributed by atoms with Crippen LogP contribution < -0.4 is 11.1 Å². The molecule has 0 aliphatic rings. The summed E-state index contributed by atoms with van der Waals surface area (Å²) in [5.41, 5.74) is 7.78. The smallest absolute Gasteiger partial charge is 0.224 e. The van der Waals surface area contributed by atoms with E-state index in [-0.39, 0.29) is 11.4 Å². The summed E-state index contributed by atoms with van der Waals surface area (Å²) >= 11 is 0. The minimum absolute atomic E-state index is 0.0299. The highest BCUT2D eigenvalue weighted by Gasteiger charge is 2.13. The molecule has 3 heteroatoms. The molecule has 0 bridgehead atoms. The molecular weight excluding hydrogens is 248 g/mol. The summed E-state index contributed by atoms with van der Waals surface area (Å²) in [5.74, 6) is 0.0299. The predicted molar refractivity (Wildman–Crippen MR) is 85.8 cm³/mol. The molecule has 0 radical (unpaired) electrons. The Morgan fingerprint density at radius 2 is 1.85 bits per heavy atom. The minimum Gasteiger partial charge on any atom is -0.326 e. The van der Waals surface area contributed by atoms with Gasteiger partial charge in [-0.3, -0.25) is 4.79 Å². The van der Waals surface area contributed by atoms with E-state index in [9.17, 15) is 4.79 Å². The van der Waals surface area contributed by atoms with E-state index in [1.807, 2.05) is 26.0 Å². The van der Waals surface area contributed by atoms with E-state index in [2.05, 4.69) is 24.4 Å². The highest BCUT2D eigenvalue weighted by atomic mass is 16.1. The highest BCUT2D eigenvalue weighted by Crippen LogP contribution is 2.14. The average Bonchev–Trinajstić information content (AvgIpc) is 2.38. The van der Waals surface area contributed by atoms with Crippen molar-refractivity contribution in [1.82, 2.24) is 0 Å². The fourth-order valence-corrected chi connectivity index (χ4v) is 1.99. The number of carbonyl (C=O) groups excluding carboxylic acids is 1. The van der Waals surface area contributed by atoms with Crippen molar-refractivity contribution in [3.63, 3.8) is 0 Å². The molecule has 1 amide bonds. The Labute approximate surface area is 122 Å². The minimum atomic E-state index is -0.291. The van der Waals surface area contributed by atoms with Crippen molar-refractivity contribution in [1.29, 1.82) is 0 Å². The first kappa shape index (κ1) is 16.7. The summed E-state index contributed by atoms with van der Waals surface area (Å²) < 4.78 is 0. The van der Waals surface area contributed by atoms with Crippen molar-refractivity contribution in [3.8, 4) is 0 Å². The van der Waals surface area contributed by atoms with Crippen LogP contribution >= 0.6 is 0 Å². The van der Waals surface area contributed by atoms with Gasteiger partial charge in [-0.05, 0) is 50.8 Å². The Hall–Kier alpha value is -1.35. The molecule has 3 N–H and O–H groups in total. The van der Waals surface area contributed by atoms with Gasteiger partial charge in [0.2, 0.25) is 5.91 Å². The molecule has 1 aromatic carbocycles. The first-order valence-corrected chi connectivity index (χ1v) is 7.58. The number of unbranched alkanes of at least 4 members (excludes halogenated alkanes) is 2. The van der Waals surface area contributed by atoms with Crippen LogP contribution in [0.2, 0.25) is 0 Å². The molecule has 0 fully saturated rings. The summed E-state index contributed by atoms with van der Waals surface area (Å²) in [5, 5.41) is 2.91. The van der Waals surface area contributed by atoms with E-state index < -0.39 is 0 Å². The number of benzene rings is 1. The number of rotatable bonds is 8. The summed E-state index contributed by atoms with van der Waals surface area (Å²) in [6.07, 6.45) is 6.01. The van der Waals surface area contributed by atoms with Crippen LogP contribution in [0, 0.1) is 0 Å². The number of carbonyl (C=O) groups is 1. The maximum absolute atomic E-state index is 11.8. The van der Waals surface area contributed by atoms with Gasteiger partial charge in [-0.15, -0.1) is 0 Å². The monoisotopic (exact) mass is 276 g/mol. The molecule has 0 saturated heterocycles. The van der Waals surface area contributed by atoms with Crippen molar-refractivity contribution in [2.75, 3.05) is 5.32 Å². The average molecular weight is 276 g/mol. The quantitative estimate of drug-likeness (QED) is 0.708. The van der Waals surface area contributed by atoms with Crippen LogP contribution in [0.25, 0.3) is 0 Å². The lowest BCUT2D eigenvalue weighted by atomic mass is 10.00. The number of nitrogens with two attached hydrogens (primary N) is 1. The molecule has 0 aliphatic carbocycles. The van der Waals surface area contributed by atoms with Gasteiger partial charge in [0.15, 0.2) is 0 Å². The van der Waals surface area contributed by atoms with Crippen LogP contribution in [0.1, 0.15) is 58.4 Å². The van der Waals surface area contributed by atoms with Gasteiger partial charge < -0.3 is 11.1 Å². The summed E-state index contributed by atoms with van der Waals surface area (Å²) in [7, 11) is 0. The number of hydrogen-bond donors (Lipinski definition) is 2. The first-order chi connectivity index (χ1) is 9.40. The molecule has 3 nitrogen and oxygen atoms in total. The molecule has 0 aromatic heterocycles. The van der Waals surface area contributed by atoms with Gasteiger partial charge in [-0.2, -0.15) is 0 Å². The molecule has 0 spiro atoms. The molecule has 112 valence electrons. The first-order valence-electron chi connectivity index (χ1n) is 7.58. The maximum Gasteiger partial charge on any atom is 0.224 e. The Morgan fingerprint density at radius 3 is 2.40 bits per heavy atom. The SMILES string of the molecule is CCCCCc1ccc(NC(=O)CCC(C)(C)N)cc1. The van der Waals surface area contributed by atoms with Crippen LogP contribution in [0.15, 0.2) is 24.3 Å². The van der Waals surface area contributed by atoms with Crippen molar-refractivity contribution < 1.29 is 4.79 Å². The second-order valence-corrected chi connectivity index (χ2v) is 6.19. The molecule has 0 aliphatic heterocycles. The standard InChI is InChI=1S/C17H28N2O/c1-4-5-6-7-14-8-10-15(11-9-14)19-16(20)12-13-17(2,3)18/h8-11H,4-7,12-13,18H2,1-3H3,(H,19,20). The summed E-state index contributed by atoms with van der Waals surface area (Å²) in [6, 6.07) is 8.15. The van der Waals surface area contributed by atoms with E-state index in [1.165, 1.54) is 24.8 Å². The molecule has 0 saturated carbocycles. The molecule has 0 atom stereocenters. The van der Waals surface area contributed by atoms with Crippen molar-refractivity contribution in [2.24, 2.45) is 5.73 Å². The van der Waals surface area contributed by atoms with Gasteiger partial charge >= 0.3 is 0 Å². The second kappa shape index (κ2) is 8.05. The summed E-state index contributed by atoms with van der Waals surface area (Å²) in [4.78, 5) is 11.8. The van der Waals surface area contributed by atoms with Crippen LogP contribution in [0.3, 0.4) is 0 Å². The van der Waals surface area contributed by atoms with Gasteiger partial charge in [-0.1, -0.05) is 31.9 Å². The van der Waals surface area contributed by atoms with Crippen LogP contribution in [0.4, 0.5) is 5.69 Å². The number of aryl methyl sites for hydroxylation is 1. The molecule has 0 heterocycles. The van der Waals surface area contributed by atoms with Gasteiger partial charge in [0, 0.05) is 17.6 Å². The number of nitrogens with one attached hydrogen (secondary N) is 1. The fraction of sp³-hybridized carbons (Fsp3) is 0.588. The van der Waals surface area contributed by atoms with E-state index in [4.69, 9.17) is 5.73 Å². The predicted octanol–water partition coefficient (Wildman–Crippen LogP) is 3.88. The van der Waals surface area contributed by atoms with Gasteiger partial charge in [0.1, 0.15) is 0 Å². The zero-order valence-electron chi connectivity index (χ0n) is 13.0. The number of amides is 1. The highest BCUT2D eigenvalue weighted by molar-refractivity contribution is 5.90. The third-order valence-electron chi connectivity index (χ3n) is 3.30. The van der Waals surface area contributed by atoms with Gasteiger partial charge in [-0.25, -0.2) is 0 Å². The Bertz CT molecular complexity index is 404. The van der Waals surface area contributed by atoms with E-state index in [0.717, 1.165) is 12.1 Å². The fourth-order valence-electron chi connectivity index (χ4n) is 1.99. The number of anilines is 1. The lowest BCUT2D eigenvalue weighted by Gasteiger charge is -2.17. The van der Waals surface area contributed by atoms with Crippen LogP contribution in [0.5, 0.6) is 0 Å². The third-order valence-corrected chi connectivity index (χ3v) is 3.30. The zero-order chi connectivity index (χ0) is 15.0. The molecule has 0 unspecified atom stereocenters. The second-order valence-electron chi connectivity index (χ2n) is 6.19. The lowest BCUT2D eigenvalue weighted by molar-refractivity contribution is -0.116. The van der Waals surface area contributed by atoms with Crippen molar-refractivity contribution >= 4 is 11.6 Å². The molecule has 1 aromatic rings. The number of hydrogen-bond acceptors (Lipinski definition) is 2. The lowest BCUT2D eigenvalue weighted by Crippen LogP contribution is -2.33. The van der Waals surface area contributed by atoms with Crippen molar-refractivity contribution in [2.45, 2.75) is 64.8 Å². The Morgan fingerprint density at radius 1 is 1.20 bits per heavy atom. The van der Waals surface area contributed by atoms with Crippen molar-refractivity contribution in [3.05, 3.63) is 29.8 Å². The van der Waals surface area contributed by atoms with Gasteiger partial charge in [0.25, 0.3) is 0 Å².